The van der Waals surface area contributed by atoms with Gasteiger partial charge in [-0.3, -0.25) is 10.1 Å². The number of rotatable bonds is 4. The molecule has 26 heavy (non-hydrogen) atoms. The summed E-state index contributed by atoms with van der Waals surface area (Å²) in [6, 6.07) is 10.0. The lowest BCUT2D eigenvalue weighted by molar-refractivity contribution is -0.388. The van der Waals surface area contributed by atoms with E-state index < -0.39 is 22.4 Å². The van der Waals surface area contributed by atoms with Crippen molar-refractivity contribution in [2.24, 2.45) is 0 Å². The Morgan fingerprint density at radius 2 is 1.85 bits per heavy atom. The summed E-state index contributed by atoms with van der Waals surface area (Å²) in [6.07, 6.45) is -4.85. The number of hydrogen-bond acceptors (Lipinski definition) is 6. The molecule has 3 aromatic rings. The summed E-state index contributed by atoms with van der Waals surface area (Å²) in [5, 5.41) is 22.2. The zero-order valence-electron chi connectivity index (χ0n) is 13.1. The standard InChI is InChI=1S/C15H10F3N5O2S/c1-9-2-4-10(5-3-9)22-14(19-20-21-22)26-11-6-7-13(23(24)25)12(8-11)15(16,17)18/h2-8H,1H3. The van der Waals surface area contributed by atoms with Crippen LogP contribution in [0.3, 0.4) is 0 Å². The molecule has 0 aliphatic heterocycles. The highest BCUT2D eigenvalue weighted by Gasteiger charge is 2.38. The Kier molecular flexibility index (Phi) is 4.64. The average molecular weight is 381 g/mol. The van der Waals surface area contributed by atoms with Gasteiger partial charge in [-0.15, -0.1) is 5.10 Å². The van der Waals surface area contributed by atoms with E-state index in [0.717, 1.165) is 29.5 Å². The quantitative estimate of drug-likeness (QED) is 0.501. The first kappa shape index (κ1) is 17.9. The molecule has 0 spiro atoms. The third-order valence-electron chi connectivity index (χ3n) is 3.40. The van der Waals surface area contributed by atoms with Crippen LogP contribution in [0.5, 0.6) is 0 Å². The van der Waals surface area contributed by atoms with Gasteiger partial charge < -0.3 is 0 Å². The molecule has 0 radical (unpaired) electrons. The molecule has 134 valence electrons. The number of hydrogen-bond donors (Lipinski definition) is 0. The van der Waals surface area contributed by atoms with Crippen LogP contribution >= 0.6 is 11.8 Å². The first-order valence-corrected chi connectivity index (χ1v) is 7.96. The van der Waals surface area contributed by atoms with Crippen LogP contribution in [0.1, 0.15) is 11.1 Å². The number of halogens is 3. The van der Waals surface area contributed by atoms with Crippen LogP contribution in [0, 0.1) is 17.0 Å². The minimum Gasteiger partial charge on any atom is -0.258 e. The Bertz CT molecular complexity index is 957. The zero-order chi connectivity index (χ0) is 18.9. The number of alkyl halides is 3. The van der Waals surface area contributed by atoms with Gasteiger partial charge in [-0.05, 0) is 53.4 Å². The lowest BCUT2D eigenvalue weighted by Gasteiger charge is -2.09. The second kappa shape index (κ2) is 6.75. The highest BCUT2D eigenvalue weighted by molar-refractivity contribution is 7.99. The summed E-state index contributed by atoms with van der Waals surface area (Å²) in [5.74, 6) is 0. The van der Waals surface area contributed by atoms with Crippen molar-refractivity contribution in [2.45, 2.75) is 23.2 Å². The lowest BCUT2D eigenvalue weighted by Crippen LogP contribution is -2.09. The fourth-order valence-corrected chi connectivity index (χ4v) is 2.99. The smallest absolute Gasteiger partial charge is 0.258 e. The normalized spacial score (nSPS) is 11.5. The fourth-order valence-electron chi connectivity index (χ4n) is 2.16. The van der Waals surface area contributed by atoms with Crippen molar-refractivity contribution in [3.63, 3.8) is 0 Å². The molecule has 0 saturated heterocycles. The average Bonchev–Trinajstić information content (AvgIpc) is 3.02. The molecular formula is C15H10F3N5O2S. The molecule has 0 aliphatic rings. The molecule has 11 heteroatoms. The predicted octanol–water partition coefficient (Wildman–Crippen LogP) is 4.05. The van der Waals surface area contributed by atoms with Gasteiger partial charge in [-0.25, -0.2) is 0 Å². The lowest BCUT2D eigenvalue weighted by atomic mass is 10.2. The Morgan fingerprint density at radius 1 is 1.15 bits per heavy atom. The molecule has 0 fully saturated rings. The van der Waals surface area contributed by atoms with Crippen molar-refractivity contribution in [2.75, 3.05) is 0 Å². The van der Waals surface area contributed by atoms with Crippen molar-refractivity contribution >= 4 is 17.4 Å². The Balaban J connectivity index is 1.97. The predicted molar refractivity (Wildman–Crippen MR) is 86.1 cm³/mol. The maximum atomic E-state index is 13.1. The van der Waals surface area contributed by atoms with E-state index >= 15 is 0 Å². The van der Waals surface area contributed by atoms with E-state index in [1.54, 1.807) is 12.1 Å². The van der Waals surface area contributed by atoms with Gasteiger partial charge in [0.25, 0.3) is 5.69 Å². The van der Waals surface area contributed by atoms with Crippen LogP contribution in [0.4, 0.5) is 18.9 Å². The SMILES string of the molecule is Cc1ccc(-n2nnnc2Sc2ccc([N+](=O)[O-])c(C(F)(F)F)c2)cc1. The highest BCUT2D eigenvalue weighted by Crippen LogP contribution is 2.39. The van der Waals surface area contributed by atoms with Gasteiger partial charge in [0.1, 0.15) is 5.56 Å². The molecule has 0 N–H and O–H groups in total. The number of benzene rings is 2. The molecular weight excluding hydrogens is 371 g/mol. The summed E-state index contributed by atoms with van der Waals surface area (Å²) in [6.45, 7) is 1.91. The molecule has 7 nitrogen and oxygen atoms in total. The molecule has 0 amide bonds. The monoisotopic (exact) mass is 381 g/mol. The topological polar surface area (TPSA) is 86.7 Å². The number of tetrazole rings is 1. The summed E-state index contributed by atoms with van der Waals surface area (Å²) < 4.78 is 40.6. The van der Waals surface area contributed by atoms with Gasteiger partial charge in [0.2, 0.25) is 5.16 Å². The second-order valence-electron chi connectivity index (χ2n) is 5.24. The van der Waals surface area contributed by atoms with Crippen molar-refractivity contribution in [3.05, 3.63) is 63.7 Å². The zero-order valence-corrected chi connectivity index (χ0v) is 14.0. The summed E-state index contributed by atoms with van der Waals surface area (Å²) >= 11 is 0.875. The van der Waals surface area contributed by atoms with Crippen LogP contribution in [0.2, 0.25) is 0 Å². The van der Waals surface area contributed by atoms with Crippen molar-refractivity contribution in [1.29, 1.82) is 0 Å². The van der Waals surface area contributed by atoms with E-state index in [9.17, 15) is 23.3 Å². The van der Waals surface area contributed by atoms with Crippen molar-refractivity contribution in [3.8, 4) is 5.69 Å². The molecule has 1 heterocycles. The van der Waals surface area contributed by atoms with E-state index in [0.29, 0.717) is 5.69 Å². The molecule has 3 rings (SSSR count). The van der Waals surface area contributed by atoms with Crippen LogP contribution in [0.15, 0.2) is 52.5 Å². The maximum Gasteiger partial charge on any atom is 0.423 e. The van der Waals surface area contributed by atoms with Crippen molar-refractivity contribution < 1.29 is 18.1 Å². The molecule has 0 atom stereocenters. The summed E-state index contributed by atoms with van der Waals surface area (Å²) in [4.78, 5) is 9.89. The molecule has 1 aromatic heterocycles. The fraction of sp³-hybridized carbons (Fsp3) is 0.133. The van der Waals surface area contributed by atoms with E-state index in [2.05, 4.69) is 15.5 Å². The molecule has 0 saturated carbocycles. The maximum absolute atomic E-state index is 13.1. The van der Waals surface area contributed by atoms with E-state index in [1.807, 2.05) is 19.1 Å². The van der Waals surface area contributed by atoms with Gasteiger partial charge >= 0.3 is 6.18 Å². The van der Waals surface area contributed by atoms with Gasteiger partial charge in [-0.1, -0.05) is 17.7 Å². The number of nitro benzene ring substituents is 1. The van der Waals surface area contributed by atoms with E-state index in [-0.39, 0.29) is 10.1 Å². The molecule has 2 aromatic carbocycles. The first-order valence-electron chi connectivity index (χ1n) is 7.14. The van der Waals surface area contributed by atoms with E-state index in [4.69, 9.17) is 0 Å². The molecule has 0 aliphatic carbocycles. The van der Waals surface area contributed by atoms with Gasteiger partial charge in [-0.2, -0.15) is 17.9 Å². The largest absolute Gasteiger partial charge is 0.423 e. The minimum atomic E-state index is -4.85. The molecule has 0 bridgehead atoms. The van der Waals surface area contributed by atoms with Crippen LogP contribution in [0.25, 0.3) is 5.69 Å². The second-order valence-corrected chi connectivity index (χ2v) is 6.29. The summed E-state index contributed by atoms with van der Waals surface area (Å²) in [5.41, 5.74) is -0.649. The first-order chi connectivity index (χ1) is 12.3. The minimum absolute atomic E-state index is 0.131. The highest BCUT2D eigenvalue weighted by atomic mass is 32.2. The summed E-state index contributed by atoms with van der Waals surface area (Å²) in [7, 11) is 0. The Hall–Kier alpha value is -2.95. The molecule has 0 unspecified atom stereocenters. The van der Waals surface area contributed by atoms with E-state index in [1.165, 1.54) is 10.7 Å². The number of aryl methyl sites for hydroxylation is 1. The van der Waals surface area contributed by atoms with Crippen molar-refractivity contribution in [1.82, 2.24) is 20.2 Å². The Morgan fingerprint density at radius 3 is 2.46 bits per heavy atom. The van der Waals surface area contributed by atoms with Crippen LogP contribution < -0.4 is 0 Å². The van der Waals surface area contributed by atoms with Crippen LogP contribution in [-0.2, 0) is 6.18 Å². The number of nitrogens with zero attached hydrogens (tertiary/aromatic N) is 5. The third-order valence-corrected chi connectivity index (χ3v) is 4.33. The van der Waals surface area contributed by atoms with Gasteiger partial charge in [0.05, 0.1) is 10.6 Å². The third kappa shape index (κ3) is 3.67. The van der Waals surface area contributed by atoms with Gasteiger partial charge in [0.15, 0.2) is 0 Å². The number of aromatic nitrogens is 4. The Labute approximate surface area is 149 Å². The number of nitro groups is 1. The van der Waals surface area contributed by atoms with Crippen LogP contribution in [-0.4, -0.2) is 25.1 Å². The van der Waals surface area contributed by atoms with Gasteiger partial charge in [0, 0.05) is 11.0 Å².